The molecule has 1 rings (SSSR count). The van der Waals surface area contributed by atoms with E-state index in [2.05, 4.69) is 0 Å². The third-order valence-electron chi connectivity index (χ3n) is 1.97. The lowest BCUT2D eigenvalue weighted by atomic mass is 10.0. The number of benzene rings is 1. The van der Waals surface area contributed by atoms with E-state index in [9.17, 15) is 22.0 Å². The lowest BCUT2D eigenvalue weighted by Crippen LogP contribution is -2.42. The summed E-state index contributed by atoms with van der Waals surface area (Å²) in [5.41, 5.74) is -0.776. The van der Waals surface area contributed by atoms with E-state index in [1.54, 1.807) is 0 Å². The minimum absolute atomic E-state index is 0.110. The maximum Gasteiger partial charge on any atom is 0.456 e. The monoisotopic (exact) mass is 294 g/mol. The summed E-state index contributed by atoms with van der Waals surface area (Å²) in [6.45, 7) is 0. The Labute approximate surface area is 103 Å². The first-order valence-corrected chi connectivity index (χ1v) is 4.90. The Hall–Kier alpha value is -0.590. The van der Waals surface area contributed by atoms with Crippen LogP contribution < -0.4 is 0 Å². The molecule has 0 saturated carbocycles. The number of hydrogen-bond acceptors (Lipinski definition) is 1. The normalized spacial score (nSPS) is 14.8. The number of aliphatic hydroxyl groups excluding tert-OH is 1. The van der Waals surface area contributed by atoms with Gasteiger partial charge in [-0.3, -0.25) is 0 Å². The average Bonchev–Trinajstić information content (AvgIpc) is 2.19. The van der Waals surface area contributed by atoms with Crippen LogP contribution in [0.1, 0.15) is 11.7 Å². The maximum absolute atomic E-state index is 12.8. The van der Waals surface area contributed by atoms with Crippen LogP contribution in [0.15, 0.2) is 18.2 Å². The van der Waals surface area contributed by atoms with Gasteiger partial charge in [0.15, 0.2) is 6.10 Å². The molecular weight excluding hydrogens is 290 g/mol. The summed E-state index contributed by atoms with van der Waals surface area (Å²) in [7, 11) is 0. The van der Waals surface area contributed by atoms with Crippen molar-refractivity contribution in [1.82, 2.24) is 0 Å². The van der Waals surface area contributed by atoms with Crippen molar-refractivity contribution in [3.63, 3.8) is 0 Å². The Bertz CT molecular complexity index is 418. The fourth-order valence-corrected chi connectivity index (χ4v) is 1.48. The fourth-order valence-electron chi connectivity index (χ4n) is 1.07. The molecule has 1 N–H and O–H groups in total. The molecule has 0 radical (unpaired) electrons. The molecule has 0 aliphatic heterocycles. The van der Waals surface area contributed by atoms with E-state index in [4.69, 9.17) is 28.3 Å². The van der Waals surface area contributed by atoms with E-state index in [-0.39, 0.29) is 5.02 Å². The van der Waals surface area contributed by atoms with Crippen LogP contribution in [-0.2, 0) is 0 Å². The van der Waals surface area contributed by atoms with Crippen LogP contribution in [0.25, 0.3) is 0 Å². The van der Waals surface area contributed by atoms with Gasteiger partial charge in [-0.15, -0.1) is 0 Å². The highest BCUT2D eigenvalue weighted by Gasteiger charge is 2.62. The maximum atomic E-state index is 12.8. The molecule has 0 spiro atoms. The Morgan fingerprint density at radius 3 is 2.06 bits per heavy atom. The Balaban J connectivity index is 3.21. The predicted octanol–water partition coefficient (Wildman–Crippen LogP) is 4.22. The van der Waals surface area contributed by atoms with Crippen molar-refractivity contribution < 1.29 is 27.1 Å². The van der Waals surface area contributed by atoms with Crippen LogP contribution in [0.4, 0.5) is 22.0 Å². The topological polar surface area (TPSA) is 20.2 Å². The highest BCUT2D eigenvalue weighted by Crippen LogP contribution is 2.46. The van der Waals surface area contributed by atoms with Gasteiger partial charge in [-0.2, -0.15) is 22.0 Å². The molecule has 1 aromatic carbocycles. The van der Waals surface area contributed by atoms with Gasteiger partial charge < -0.3 is 5.11 Å². The first-order chi connectivity index (χ1) is 7.57. The lowest BCUT2D eigenvalue weighted by molar-refractivity contribution is -0.315. The predicted molar refractivity (Wildman–Crippen MR) is 52.4 cm³/mol. The Kier molecular flexibility index (Phi) is 3.91. The summed E-state index contributed by atoms with van der Waals surface area (Å²) < 4.78 is 61.7. The van der Waals surface area contributed by atoms with Gasteiger partial charge in [0.25, 0.3) is 0 Å². The van der Waals surface area contributed by atoms with Crippen molar-refractivity contribution in [2.45, 2.75) is 18.2 Å². The minimum atomic E-state index is -5.88. The third-order valence-corrected chi connectivity index (χ3v) is 2.55. The molecule has 1 nitrogen and oxygen atoms in total. The molecule has 0 amide bonds. The minimum Gasteiger partial charge on any atom is -0.382 e. The Morgan fingerprint density at radius 2 is 1.59 bits per heavy atom. The van der Waals surface area contributed by atoms with Crippen molar-refractivity contribution in [2.75, 3.05) is 0 Å². The zero-order valence-corrected chi connectivity index (χ0v) is 9.41. The number of halogens is 7. The number of rotatable bonds is 2. The quantitative estimate of drug-likeness (QED) is 0.810. The molecule has 0 aliphatic rings. The lowest BCUT2D eigenvalue weighted by Gasteiger charge is -2.25. The summed E-state index contributed by atoms with van der Waals surface area (Å²) in [6, 6.07) is 2.98. The highest BCUT2D eigenvalue weighted by molar-refractivity contribution is 6.33. The van der Waals surface area contributed by atoms with Gasteiger partial charge in [0.05, 0.1) is 0 Å². The summed E-state index contributed by atoms with van der Waals surface area (Å²) >= 11 is 10.9. The SMILES string of the molecule is OC(c1cc(Cl)ccc1Cl)C(F)(F)C(F)(F)F. The number of alkyl halides is 5. The molecule has 0 fully saturated rings. The molecule has 0 heterocycles. The van der Waals surface area contributed by atoms with Gasteiger partial charge in [0, 0.05) is 15.6 Å². The standard InChI is InChI=1S/C9H5Cl2F5O/c10-4-1-2-6(11)5(3-4)7(17)8(12,13)9(14,15)16/h1-3,7,17H. The van der Waals surface area contributed by atoms with E-state index in [0.717, 1.165) is 12.1 Å². The molecule has 0 saturated heterocycles. The summed E-state index contributed by atoms with van der Waals surface area (Å²) in [4.78, 5) is 0. The zero-order chi connectivity index (χ0) is 13.4. The van der Waals surface area contributed by atoms with Crippen molar-refractivity contribution in [1.29, 1.82) is 0 Å². The second-order valence-electron chi connectivity index (χ2n) is 3.19. The van der Waals surface area contributed by atoms with Gasteiger partial charge >= 0.3 is 12.1 Å². The summed E-state index contributed by atoms with van der Waals surface area (Å²) in [5.74, 6) is -5.30. The number of hydrogen-bond donors (Lipinski definition) is 1. The van der Waals surface area contributed by atoms with E-state index in [0.29, 0.717) is 0 Å². The summed E-state index contributed by atoms with van der Waals surface area (Å²) in [5, 5.41) is 8.54. The summed E-state index contributed by atoms with van der Waals surface area (Å²) in [6.07, 6.45) is -8.98. The van der Waals surface area contributed by atoms with Gasteiger partial charge in [-0.1, -0.05) is 23.2 Å². The molecule has 1 aromatic rings. The van der Waals surface area contributed by atoms with Crippen LogP contribution in [0, 0.1) is 0 Å². The zero-order valence-electron chi connectivity index (χ0n) is 7.90. The van der Waals surface area contributed by atoms with E-state index in [1.165, 1.54) is 6.07 Å². The van der Waals surface area contributed by atoms with Gasteiger partial charge in [0.2, 0.25) is 0 Å². The van der Waals surface area contributed by atoms with Gasteiger partial charge in [0.1, 0.15) is 0 Å². The molecule has 0 aliphatic carbocycles. The molecule has 1 unspecified atom stereocenters. The second kappa shape index (κ2) is 4.59. The first-order valence-electron chi connectivity index (χ1n) is 4.15. The largest absolute Gasteiger partial charge is 0.456 e. The van der Waals surface area contributed by atoms with Crippen LogP contribution in [0.2, 0.25) is 10.0 Å². The van der Waals surface area contributed by atoms with Crippen molar-refractivity contribution in [3.8, 4) is 0 Å². The smallest absolute Gasteiger partial charge is 0.382 e. The number of aliphatic hydroxyl groups is 1. The van der Waals surface area contributed by atoms with E-state index >= 15 is 0 Å². The van der Waals surface area contributed by atoms with Crippen LogP contribution >= 0.6 is 23.2 Å². The van der Waals surface area contributed by atoms with Crippen LogP contribution in [0.3, 0.4) is 0 Å². The van der Waals surface area contributed by atoms with Gasteiger partial charge in [-0.05, 0) is 18.2 Å². The molecular formula is C9H5Cl2F5O. The first kappa shape index (κ1) is 14.5. The highest BCUT2D eigenvalue weighted by atomic mass is 35.5. The van der Waals surface area contributed by atoms with E-state index < -0.39 is 28.8 Å². The molecule has 1 atom stereocenters. The third kappa shape index (κ3) is 2.81. The molecule has 17 heavy (non-hydrogen) atoms. The average molecular weight is 295 g/mol. The van der Waals surface area contributed by atoms with E-state index in [1.807, 2.05) is 0 Å². The van der Waals surface area contributed by atoms with Crippen LogP contribution in [-0.4, -0.2) is 17.2 Å². The molecule has 96 valence electrons. The second-order valence-corrected chi connectivity index (χ2v) is 4.03. The van der Waals surface area contributed by atoms with Crippen molar-refractivity contribution in [3.05, 3.63) is 33.8 Å². The van der Waals surface area contributed by atoms with Gasteiger partial charge in [-0.25, -0.2) is 0 Å². The van der Waals surface area contributed by atoms with Crippen LogP contribution in [0.5, 0.6) is 0 Å². The molecule has 8 heteroatoms. The molecule has 0 bridgehead atoms. The van der Waals surface area contributed by atoms with Crippen molar-refractivity contribution in [2.24, 2.45) is 0 Å². The molecule has 0 aromatic heterocycles. The fraction of sp³-hybridized carbons (Fsp3) is 0.333. The Morgan fingerprint density at radius 1 is 1.06 bits per heavy atom. The van der Waals surface area contributed by atoms with Crippen molar-refractivity contribution >= 4 is 23.2 Å².